The minimum Gasteiger partial charge on any atom is -0.336 e. The normalized spacial score (nSPS) is 14.0. The fourth-order valence-corrected chi connectivity index (χ4v) is 4.20. The van der Waals surface area contributed by atoms with E-state index in [1.165, 1.54) is 0 Å². The Balaban J connectivity index is 1.47. The summed E-state index contributed by atoms with van der Waals surface area (Å²) in [6, 6.07) is 28.2. The second-order valence-corrected chi connectivity index (χ2v) is 8.62. The van der Waals surface area contributed by atoms with Gasteiger partial charge in [-0.25, -0.2) is 4.68 Å². The van der Waals surface area contributed by atoms with E-state index in [1.807, 2.05) is 77.7 Å². The molecule has 1 saturated heterocycles. The summed E-state index contributed by atoms with van der Waals surface area (Å²) in [6.07, 6.45) is 0. The van der Waals surface area contributed by atoms with Crippen LogP contribution in [0.3, 0.4) is 0 Å². The first-order valence-electron chi connectivity index (χ1n) is 11.7. The second kappa shape index (κ2) is 9.95. The number of amides is 2. The quantitative estimate of drug-likeness (QED) is 0.480. The molecule has 1 N–H and O–H groups in total. The first-order chi connectivity index (χ1) is 17.1. The van der Waals surface area contributed by atoms with Crippen LogP contribution in [0, 0.1) is 0 Å². The Kier molecular flexibility index (Phi) is 6.41. The number of nitrogens with one attached hydrogen (secondary N) is 1. The molecular formula is C28H27N5O2. The zero-order chi connectivity index (χ0) is 24.2. The third kappa shape index (κ3) is 4.85. The van der Waals surface area contributed by atoms with Crippen LogP contribution in [0.2, 0.25) is 0 Å². The largest absolute Gasteiger partial charge is 0.336 e. The van der Waals surface area contributed by atoms with E-state index in [0.717, 1.165) is 24.3 Å². The number of piperazine rings is 1. The van der Waals surface area contributed by atoms with Crippen molar-refractivity contribution in [2.75, 3.05) is 38.5 Å². The van der Waals surface area contributed by atoms with E-state index in [-0.39, 0.29) is 11.8 Å². The number of aromatic nitrogens is 2. The van der Waals surface area contributed by atoms with Crippen molar-refractivity contribution in [1.29, 1.82) is 0 Å². The van der Waals surface area contributed by atoms with Crippen LogP contribution in [0.5, 0.6) is 0 Å². The van der Waals surface area contributed by atoms with Crippen LogP contribution >= 0.6 is 0 Å². The fourth-order valence-electron chi connectivity index (χ4n) is 4.20. The van der Waals surface area contributed by atoms with Gasteiger partial charge in [0.25, 0.3) is 11.8 Å². The first-order valence-corrected chi connectivity index (χ1v) is 11.7. The van der Waals surface area contributed by atoms with Crippen LogP contribution in [0.4, 0.5) is 5.69 Å². The molecule has 2 heterocycles. The summed E-state index contributed by atoms with van der Waals surface area (Å²) in [5, 5.41) is 7.70. The van der Waals surface area contributed by atoms with Crippen LogP contribution in [0.1, 0.15) is 20.8 Å². The Morgan fingerprint density at radius 2 is 1.43 bits per heavy atom. The Morgan fingerprint density at radius 3 is 2.14 bits per heavy atom. The molecule has 7 nitrogen and oxygen atoms in total. The van der Waals surface area contributed by atoms with Gasteiger partial charge in [-0.3, -0.25) is 9.59 Å². The number of benzene rings is 3. The number of anilines is 1. The molecule has 1 fully saturated rings. The molecule has 1 aromatic heterocycles. The van der Waals surface area contributed by atoms with Gasteiger partial charge in [0.2, 0.25) is 0 Å². The van der Waals surface area contributed by atoms with E-state index in [0.29, 0.717) is 35.7 Å². The van der Waals surface area contributed by atoms with E-state index in [9.17, 15) is 9.59 Å². The molecule has 176 valence electrons. The van der Waals surface area contributed by atoms with Gasteiger partial charge in [-0.05, 0) is 37.4 Å². The molecule has 4 aromatic rings. The average molecular weight is 466 g/mol. The molecule has 2 amide bonds. The molecule has 0 bridgehead atoms. The lowest BCUT2D eigenvalue weighted by Crippen LogP contribution is -2.47. The Hall–Kier alpha value is -4.23. The standard InChI is InChI=1S/C28H27N5O2/c1-31-16-18-32(19-17-31)28(35)23-14-8-9-15-24(23)29-27(34)26-20-25(21-10-4-2-5-11-21)30-33(26)22-12-6-3-7-13-22/h2-15,20H,16-19H2,1H3,(H,29,34). The summed E-state index contributed by atoms with van der Waals surface area (Å²) in [6.45, 7) is 3.00. The molecule has 0 radical (unpaired) electrons. The van der Waals surface area contributed by atoms with Crippen molar-refractivity contribution in [2.45, 2.75) is 0 Å². The van der Waals surface area contributed by atoms with Gasteiger partial charge in [0.05, 0.1) is 22.6 Å². The van der Waals surface area contributed by atoms with Gasteiger partial charge >= 0.3 is 0 Å². The van der Waals surface area contributed by atoms with Gasteiger partial charge in [0, 0.05) is 31.7 Å². The molecule has 0 spiro atoms. The number of carbonyl (C=O) groups excluding carboxylic acids is 2. The van der Waals surface area contributed by atoms with Crippen molar-refractivity contribution in [2.24, 2.45) is 0 Å². The highest BCUT2D eigenvalue weighted by molar-refractivity contribution is 6.09. The maximum absolute atomic E-state index is 13.5. The molecular weight excluding hydrogens is 438 g/mol. The van der Waals surface area contributed by atoms with Crippen molar-refractivity contribution in [3.63, 3.8) is 0 Å². The highest BCUT2D eigenvalue weighted by atomic mass is 16.2. The summed E-state index contributed by atoms with van der Waals surface area (Å²) in [5.41, 5.74) is 3.75. The van der Waals surface area contributed by atoms with Crippen molar-refractivity contribution < 1.29 is 9.59 Å². The zero-order valence-corrected chi connectivity index (χ0v) is 19.6. The van der Waals surface area contributed by atoms with Crippen molar-refractivity contribution in [3.8, 4) is 16.9 Å². The van der Waals surface area contributed by atoms with E-state index in [1.54, 1.807) is 22.9 Å². The lowest BCUT2D eigenvalue weighted by Gasteiger charge is -2.32. The van der Waals surface area contributed by atoms with Gasteiger partial charge in [-0.15, -0.1) is 0 Å². The predicted molar refractivity (Wildman–Crippen MR) is 137 cm³/mol. The van der Waals surface area contributed by atoms with Crippen LogP contribution in [-0.2, 0) is 0 Å². The van der Waals surface area contributed by atoms with Gasteiger partial charge < -0.3 is 15.1 Å². The number of nitrogens with zero attached hydrogens (tertiary/aromatic N) is 4. The molecule has 0 aliphatic carbocycles. The van der Waals surface area contributed by atoms with E-state index >= 15 is 0 Å². The van der Waals surface area contributed by atoms with Crippen LogP contribution in [0.15, 0.2) is 91.0 Å². The molecule has 3 aromatic carbocycles. The van der Waals surface area contributed by atoms with Crippen molar-refractivity contribution in [1.82, 2.24) is 19.6 Å². The number of para-hydroxylation sites is 2. The smallest absolute Gasteiger partial charge is 0.274 e. The summed E-state index contributed by atoms with van der Waals surface area (Å²) >= 11 is 0. The molecule has 0 saturated carbocycles. The SMILES string of the molecule is CN1CCN(C(=O)c2ccccc2NC(=O)c2cc(-c3ccccc3)nn2-c2ccccc2)CC1. The Bertz CT molecular complexity index is 1330. The molecule has 0 unspecified atom stereocenters. The summed E-state index contributed by atoms with van der Waals surface area (Å²) in [4.78, 5) is 30.8. The Morgan fingerprint density at radius 1 is 0.800 bits per heavy atom. The van der Waals surface area contributed by atoms with Gasteiger partial charge in [-0.2, -0.15) is 5.10 Å². The van der Waals surface area contributed by atoms with Crippen LogP contribution in [-0.4, -0.2) is 64.6 Å². The molecule has 1 aliphatic heterocycles. The van der Waals surface area contributed by atoms with Crippen molar-refractivity contribution in [3.05, 3.63) is 102 Å². The maximum Gasteiger partial charge on any atom is 0.274 e. The molecule has 7 heteroatoms. The number of likely N-dealkylation sites (N-methyl/N-ethyl adjacent to an activating group) is 1. The third-order valence-corrected chi connectivity index (χ3v) is 6.21. The van der Waals surface area contributed by atoms with Gasteiger partial charge in [0.1, 0.15) is 5.69 Å². The third-order valence-electron chi connectivity index (χ3n) is 6.21. The predicted octanol–water partition coefficient (Wildman–Crippen LogP) is 4.18. The monoisotopic (exact) mass is 465 g/mol. The summed E-state index contributed by atoms with van der Waals surface area (Å²) < 4.78 is 1.64. The average Bonchev–Trinajstić information content (AvgIpc) is 3.36. The Labute approximate surface area is 204 Å². The lowest BCUT2D eigenvalue weighted by molar-refractivity contribution is 0.0665. The first kappa shape index (κ1) is 22.6. The molecule has 5 rings (SSSR count). The molecule has 35 heavy (non-hydrogen) atoms. The van der Waals surface area contributed by atoms with Crippen LogP contribution < -0.4 is 5.32 Å². The number of carbonyl (C=O) groups is 2. The van der Waals surface area contributed by atoms with Gasteiger partial charge in [-0.1, -0.05) is 60.7 Å². The van der Waals surface area contributed by atoms with E-state index in [2.05, 4.69) is 17.3 Å². The number of rotatable bonds is 5. The minimum absolute atomic E-state index is 0.0736. The summed E-state index contributed by atoms with van der Waals surface area (Å²) in [5.74, 6) is -0.405. The highest BCUT2D eigenvalue weighted by Gasteiger charge is 2.24. The zero-order valence-electron chi connectivity index (χ0n) is 19.6. The van der Waals surface area contributed by atoms with Gasteiger partial charge in [0.15, 0.2) is 0 Å². The van der Waals surface area contributed by atoms with E-state index < -0.39 is 0 Å². The molecule has 1 aliphatic rings. The number of hydrogen-bond acceptors (Lipinski definition) is 4. The topological polar surface area (TPSA) is 70.5 Å². The minimum atomic E-state index is -0.331. The lowest BCUT2D eigenvalue weighted by atomic mass is 10.1. The van der Waals surface area contributed by atoms with E-state index in [4.69, 9.17) is 5.10 Å². The second-order valence-electron chi connectivity index (χ2n) is 8.62. The molecule has 0 atom stereocenters. The summed E-state index contributed by atoms with van der Waals surface area (Å²) in [7, 11) is 2.05. The number of hydrogen-bond donors (Lipinski definition) is 1. The maximum atomic E-state index is 13.5. The van der Waals surface area contributed by atoms with Crippen molar-refractivity contribution >= 4 is 17.5 Å². The van der Waals surface area contributed by atoms with Crippen LogP contribution in [0.25, 0.3) is 16.9 Å². The fraction of sp³-hybridized carbons (Fsp3) is 0.179. The highest BCUT2D eigenvalue weighted by Crippen LogP contribution is 2.24.